The van der Waals surface area contributed by atoms with Crippen LogP contribution in [0.2, 0.25) is 0 Å². The van der Waals surface area contributed by atoms with Crippen LogP contribution in [-0.4, -0.2) is 30.2 Å². The first kappa shape index (κ1) is 13.3. The number of nitrogens with one attached hydrogen (secondary N) is 1. The van der Waals surface area contributed by atoms with E-state index in [4.69, 9.17) is 16.3 Å². The Labute approximate surface area is 98.7 Å². The third-order valence-corrected chi connectivity index (χ3v) is 3.16. The average molecular weight is 234 g/mol. The van der Waals surface area contributed by atoms with E-state index in [1.807, 2.05) is 0 Å². The topological polar surface area (TPSA) is 21.3 Å². The van der Waals surface area contributed by atoms with Gasteiger partial charge in [-0.05, 0) is 46.5 Å². The molecule has 0 bridgehead atoms. The van der Waals surface area contributed by atoms with E-state index in [9.17, 15) is 0 Å². The minimum Gasteiger partial charge on any atom is -0.375 e. The van der Waals surface area contributed by atoms with Crippen LogP contribution >= 0.6 is 11.6 Å². The van der Waals surface area contributed by atoms with Crippen LogP contribution < -0.4 is 5.32 Å². The van der Waals surface area contributed by atoms with Gasteiger partial charge in [0, 0.05) is 18.0 Å². The van der Waals surface area contributed by atoms with Crippen LogP contribution in [0, 0.1) is 0 Å². The summed E-state index contributed by atoms with van der Waals surface area (Å²) in [6.45, 7) is 8.02. The molecule has 1 saturated carbocycles. The van der Waals surface area contributed by atoms with E-state index in [1.54, 1.807) is 0 Å². The van der Waals surface area contributed by atoms with Gasteiger partial charge in [0.1, 0.15) is 0 Å². The molecule has 2 nitrogen and oxygen atoms in total. The van der Waals surface area contributed by atoms with Crippen LogP contribution in [0.15, 0.2) is 0 Å². The van der Waals surface area contributed by atoms with Gasteiger partial charge in [-0.1, -0.05) is 0 Å². The standard InChI is InChI=1S/C12H24ClNO/c1-12(2,3)15-9-8-14-11-6-4-10(13)5-7-11/h10-11,14H,4-9H2,1-3H3. The number of hydrogen-bond donors (Lipinski definition) is 1. The molecule has 3 heteroatoms. The van der Waals surface area contributed by atoms with Gasteiger partial charge in [0.05, 0.1) is 12.2 Å². The highest BCUT2D eigenvalue weighted by atomic mass is 35.5. The fourth-order valence-electron chi connectivity index (χ4n) is 1.88. The van der Waals surface area contributed by atoms with Crippen LogP contribution in [0.5, 0.6) is 0 Å². The molecule has 0 saturated heterocycles. The highest BCUT2D eigenvalue weighted by Crippen LogP contribution is 2.22. The molecule has 0 radical (unpaired) electrons. The number of halogens is 1. The molecule has 0 aromatic carbocycles. The van der Waals surface area contributed by atoms with Crippen molar-refractivity contribution in [1.29, 1.82) is 0 Å². The molecule has 1 rings (SSSR count). The molecule has 0 amide bonds. The van der Waals surface area contributed by atoms with Crippen molar-refractivity contribution in [2.45, 2.75) is 63.5 Å². The molecule has 15 heavy (non-hydrogen) atoms. The first-order chi connectivity index (χ1) is 6.97. The van der Waals surface area contributed by atoms with E-state index >= 15 is 0 Å². The molecule has 1 fully saturated rings. The summed E-state index contributed by atoms with van der Waals surface area (Å²) in [5, 5.41) is 3.94. The van der Waals surface area contributed by atoms with Crippen molar-refractivity contribution in [3.63, 3.8) is 0 Å². The van der Waals surface area contributed by atoms with Crippen molar-refractivity contribution in [3.05, 3.63) is 0 Å². The first-order valence-electron chi connectivity index (χ1n) is 5.99. The molecule has 0 atom stereocenters. The van der Waals surface area contributed by atoms with Crippen LogP contribution in [-0.2, 0) is 4.74 Å². The zero-order chi connectivity index (χ0) is 11.3. The van der Waals surface area contributed by atoms with Crippen molar-refractivity contribution in [2.24, 2.45) is 0 Å². The summed E-state index contributed by atoms with van der Waals surface area (Å²) in [6.07, 6.45) is 4.73. The summed E-state index contributed by atoms with van der Waals surface area (Å²) in [5.74, 6) is 0. The van der Waals surface area contributed by atoms with Crippen LogP contribution in [0.1, 0.15) is 46.5 Å². The van der Waals surface area contributed by atoms with Crippen molar-refractivity contribution in [2.75, 3.05) is 13.2 Å². The minimum atomic E-state index is -0.0184. The van der Waals surface area contributed by atoms with Gasteiger partial charge in [0.25, 0.3) is 0 Å². The zero-order valence-corrected chi connectivity index (χ0v) is 10.9. The summed E-state index contributed by atoms with van der Waals surface area (Å²) in [4.78, 5) is 0. The molecule has 0 spiro atoms. The second-order valence-electron chi connectivity index (χ2n) is 5.36. The molecular weight excluding hydrogens is 210 g/mol. The lowest BCUT2D eigenvalue weighted by Crippen LogP contribution is -2.36. The Hall–Kier alpha value is 0.210. The van der Waals surface area contributed by atoms with Crippen LogP contribution in [0.3, 0.4) is 0 Å². The highest BCUT2D eigenvalue weighted by molar-refractivity contribution is 6.20. The molecular formula is C12H24ClNO. The average Bonchev–Trinajstić information content (AvgIpc) is 2.14. The third kappa shape index (κ3) is 6.39. The number of ether oxygens (including phenoxy) is 1. The fourth-order valence-corrected chi connectivity index (χ4v) is 2.13. The van der Waals surface area contributed by atoms with Crippen molar-refractivity contribution >= 4 is 11.6 Å². The van der Waals surface area contributed by atoms with Gasteiger partial charge in [0.2, 0.25) is 0 Å². The Morgan fingerprint density at radius 2 is 1.80 bits per heavy atom. The lowest BCUT2D eigenvalue weighted by Gasteiger charge is -2.26. The zero-order valence-electron chi connectivity index (χ0n) is 10.2. The second-order valence-corrected chi connectivity index (χ2v) is 5.98. The molecule has 0 aromatic heterocycles. The smallest absolute Gasteiger partial charge is 0.0599 e. The molecule has 1 aliphatic rings. The maximum atomic E-state index is 6.05. The predicted octanol–water partition coefficient (Wildman–Crippen LogP) is 2.94. The summed E-state index contributed by atoms with van der Waals surface area (Å²) in [6, 6.07) is 0.656. The van der Waals surface area contributed by atoms with Gasteiger partial charge in [0.15, 0.2) is 0 Å². The molecule has 0 aliphatic heterocycles. The molecule has 0 unspecified atom stereocenters. The largest absolute Gasteiger partial charge is 0.375 e. The van der Waals surface area contributed by atoms with E-state index < -0.39 is 0 Å². The summed E-state index contributed by atoms with van der Waals surface area (Å²) in [7, 11) is 0. The summed E-state index contributed by atoms with van der Waals surface area (Å²) < 4.78 is 5.65. The maximum absolute atomic E-state index is 6.05. The van der Waals surface area contributed by atoms with Crippen LogP contribution in [0.25, 0.3) is 0 Å². The van der Waals surface area contributed by atoms with Crippen molar-refractivity contribution in [1.82, 2.24) is 5.32 Å². The first-order valence-corrected chi connectivity index (χ1v) is 6.42. The Bertz CT molecular complexity index is 171. The molecule has 0 aromatic rings. The van der Waals surface area contributed by atoms with Gasteiger partial charge >= 0.3 is 0 Å². The van der Waals surface area contributed by atoms with E-state index in [2.05, 4.69) is 26.1 Å². The maximum Gasteiger partial charge on any atom is 0.0599 e. The molecule has 1 aliphatic carbocycles. The van der Waals surface area contributed by atoms with Gasteiger partial charge in [-0.3, -0.25) is 0 Å². The number of alkyl halides is 1. The molecule has 1 N–H and O–H groups in total. The van der Waals surface area contributed by atoms with Gasteiger partial charge in [-0.25, -0.2) is 0 Å². The van der Waals surface area contributed by atoms with E-state index in [0.29, 0.717) is 11.4 Å². The Morgan fingerprint density at radius 3 is 2.33 bits per heavy atom. The minimum absolute atomic E-state index is 0.0184. The number of rotatable bonds is 4. The van der Waals surface area contributed by atoms with Crippen LogP contribution in [0.4, 0.5) is 0 Å². The molecule has 90 valence electrons. The SMILES string of the molecule is CC(C)(C)OCCNC1CCC(Cl)CC1. The normalized spacial score (nSPS) is 28.0. The van der Waals surface area contributed by atoms with E-state index in [1.165, 1.54) is 12.8 Å². The monoisotopic (exact) mass is 233 g/mol. The fraction of sp³-hybridized carbons (Fsp3) is 1.00. The third-order valence-electron chi connectivity index (χ3n) is 2.73. The molecule has 0 heterocycles. The Balaban J connectivity index is 2.01. The lowest BCUT2D eigenvalue weighted by atomic mass is 9.95. The van der Waals surface area contributed by atoms with Crippen molar-refractivity contribution in [3.8, 4) is 0 Å². The van der Waals surface area contributed by atoms with Crippen molar-refractivity contribution < 1.29 is 4.74 Å². The van der Waals surface area contributed by atoms with Gasteiger partial charge < -0.3 is 10.1 Å². The summed E-state index contributed by atoms with van der Waals surface area (Å²) >= 11 is 6.05. The second kappa shape index (κ2) is 6.07. The Morgan fingerprint density at radius 1 is 1.20 bits per heavy atom. The van der Waals surface area contributed by atoms with Gasteiger partial charge in [-0.2, -0.15) is 0 Å². The lowest BCUT2D eigenvalue weighted by molar-refractivity contribution is -0.00194. The number of hydrogen-bond acceptors (Lipinski definition) is 2. The van der Waals surface area contributed by atoms with Gasteiger partial charge in [-0.15, -0.1) is 11.6 Å². The van der Waals surface area contributed by atoms with E-state index in [0.717, 1.165) is 26.0 Å². The predicted molar refractivity (Wildman–Crippen MR) is 65.6 cm³/mol. The van der Waals surface area contributed by atoms with E-state index in [-0.39, 0.29) is 5.60 Å². The highest BCUT2D eigenvalue weighted by Gasteiger charge is 2.18. The summed E-state index contributed by atoms with van der Waals surface area (Å²) in [5.41, 5.74) is -0.0184. The Kier molecular flexibility index (Phi) is 5.37. The quantitative estimate of drug-likeness (QED) is 0.596.